The zero-order chi connectivity index (χ0) is 13.1. The maximum absolute atomic E-state index is 12.0. The van der Waals surface area contributed by atoms with Crippen LogP contribution >= 0.6 is 11.8 Å². The number of hydrogen-bond acceptors (Lipinski definition) is 5. The Bertz CT molecular complexity index is 425. The predicted octanol–water partition coefficient (Wildman–Crippen LogP) is 0.748. The quantitative estimate of drug-likeness (QED) is 0.819. The molecule has 0 radical (unpaired) electrons. The van der Waals surface area contributed by atoms with Gasteiger partial charge in [0.25, 0.3) is 0 Å². The van der Waals surface area contributed by atoms with E-state index in [9.17, 15) is 4.79 Å². The molecule has 0 aliphatic carbocycles. The van der Waals surface area contributed by atoms with Crippen LogP contribution in [-0.2, 0) is 11.8 Å². The van der Waals surface area contributed by atoms with Gasteiger partial charge in [0, 0.05) is 20.1 Å². The highest BCUT2D eigenvalue weighted by Gasteiger charge is 2.20. The Balaban J connectivity index is 1.83. The van der Waals surface area contributed by atoms with Crippen LogP contribution in [0, 0.1) is 5.92 Å². The number of amides is 1. The number of carbonyl (C=O) groups is 1. The van der Waals surface area contributed by atoms with E-state index < -0.39 is 0 Å². The van der Waals surface area contributed by atoms with Crippen molar-refractivity contribution in [3.63, 3.8) is 0 Å². The molecule has 2 heterocycles. The second-order valence-electron chi connectivity index (χ2n) is 4.75. The van der Waals surface area contributed by atoms with Crippen LogP contribution in [0.2, 0.25) is 0 Å². The van der Waals surface area contributed by atoms with E-state index in [1.807, 2.05) is 4.90 Å². The third kappa shape index (κ3) is 2.95. The summed E-state index contributed by atoms with van der Waals surface area (Å²) >= 11 is 1.39. The van der Waals surface area contributed by atoms with E-state index in [1.165, 1.54) is 11.8 Å². The van der Waals surface area contributed by atoms with E-state index in [-0.39, 0.29) is 5.91 Å². The van der Waals surface area contributed by atoms with Gasteiger partial charge in [0.1, 0.15) is 0 Å². The van der Waals surface area contributed by atoms with Gasteiger partial charge in [-0.1, -0.05) is 18.7 Å². The minimum absolute atomic E-state index is 0.175. The van der Waals surface area contributed by atoms with Crippen molar-refractivity contribution >= 4 is 23.6 Å². The molecule has 2 N–H and O–H groups in total. The lowest BCUT2D eigenvalue weighted by Gasteiger charge is -2.30. The van der Waals surface area contributed by atoms with Crippen molar-refractivity contribution in [2.45, 2.75) is 24.9 Å². The molecule has 0 saturated carbocycles. The summed E-state index contributed by atoms with van der Waals surface area (Å²) in [5.41, 5.74) is 5.59. The number of piperidine rings is 1. The molecule has 1 aromatic rings. The Hall–Kier alpha value is -1.24. The van der Waals surface area contributed by atoms with Crippen molar-refractivity contribution in [1.29, 1.82) is 0 Å². The summed E-state index contributed by atoms with van der Waals surface area (Å²) in [7, 11) is 1.80. The maximum Gasteiger partial charge on any atom is 0.233 e. The molecule has 18 heavy (non-hydrogen) atoms. The van der Waals surface area contributed by atoms with Gasteiger partial charge in [0.15, 0.2) is 5.16 Å². The summed E-state index contributed by atoms with van der Waals surface area (Å²) < 4.78 is 1.69. The molecular formula is C11H19N5OS. The highest BCUT2D eigenvalue weighted by Crippen LogP contribution is 2.20. The van der Waals surface area contributed by atoms with Crippen molar-refractivity contribution in [1.82, 2.24) is 19.7 Å². The third-order valence-corrected chi connectivity index (χ3v) is 4.33. The van der Waals surface area contributed by atoms with Crippen LogP contribution in [-0.4, -0.2) is 44.4 Å². The molecule has 1 aromatic heterocycles. The third-order valence-electron chi connectivity index (χ3n) is 3.33. The first-order chi connectivity index (χ1) is 8.58. The molecule has 7 heteroatoms. The number of nitrogen functional groups attached to an aromatic ring is 1. The number of likely N-dealkylation sites (tertiary alicyclic amines) is 1. The molecule has 1 aliphatic heterocycles. The fourth-order valence-electron chi connectivity index (χ4n) is 1.93. The fraction of sp³-hybridized carbons (Fsp3) is 0.727. The van der Waals surface area contributed by atoms with Gasteiger partial charge in [-0.25, -0.2) is 0 Å². The summed E-state index contributed by atoms with van der Waals surface area (Å²) in [4.78, 5) is 13.9. The lowest BCUT2D eigenvalue weighted by molar-refractivity contribution is -0.129. The number of nitrogens with zero attached hydrogens (tertiary/aromatic N) is 4. The van der Waals surface area contributed by atoms with E-state index in [1.54, 1.807) is 11.6 Å². The normalized spacial score (nSPS) is 17.1. The van der Waals surface area contributed by atoms with Crippen molar-refractivity contribution in [3.05, 3.63) is 0 Å². The number of carbonyl (C=O) groups excluding carboxylic acids is 1. The van der Waals surface area contributed by atoms with Crippen molar-refractivity contribution < 1.29 is 4.79 Å². The average molecular weight is 269 g/mol. The van der Waals surface area contributed by atoms with Gasteiger partial charge in [-0.3, -0.25) is 9.36 Å². The second-order valence-corrected chi connectivity index (χ2v) is 5.69. The first-order valence-corrected chi connectivity index (χ1v) is 7.12. The Morgan fingerprint density at radius 2 is 2.11 bits per heavy atom. The average Bonchev–Trinajstić information content (AvgIpc) is 2.68. The number of aromatic nitrogens is 3. The van der Waals surface area contributed by atoms with Gasteiger partial charge in [0.05, 0.1) is 5.75 Å². The molecule has 0 aromatic carbocycles. The standard InChI is InChI=1S/C11H19N5OS/c1-8-3-5-16(6-4-8)9(17)7-18-11-14-13-10(12)15(11)2/h8H,3-7H2,1-2H3,(H2,12,13). The molecule has 100 valence electrons. The number of anilines is 1. The van der Waals surface area contributed by atoms with Crippen LogP contribution in [0.25, 0.3) is 0 Å². The highest BCUT2D eigenvalue weighted by atomic mass is 32.2. The molecule has 1 saturated heterocycles. The van der Waals surface area contributed by atoms with E-state index >= 15 is 0 Å². The predicted molar refractivity (Wildman–Crippen MR) is 71.1 cm³/mol. The van der Waals surface area contributed by atoms with E-state index in [2.05, 4.69) is 17.1 Å². The van der Waals surface area contributed by atoms with Crippen molar-refractivity contribution in [2.75, 3.05) is 24.6 Å². The topological polar surface area (TPSA) is 77.0 Å². The number of rotatable bonds is 3. The summed E-state index contributed by atoms with van der Waals surface area (Å²) in [6, 6.07) is 0. The smallest absolute Gasteiger partial charge is 0.233 e. The van der Waals surface area contributed by atoms with Gasteiger partial charge in [0.2, 0.25) is 11.9 Å². The van der Waals surface area contributed by atoms with Gasteiger partial charge < -0.3 is 10.6 Å². The van der Waals surface area contributed by atoms with Crippen molar-refractivity contribution in [3.8, 4) is 0 Å². The number of nitrogens with two attached hydrogens (primary N) is 1. The van der Waals surface area contributed by atoms with Gasteiger partial charge >= 0.3 is 0 Å². The maximum atomic E-state index is 12.0. The van der Waals surface area contributed by atoms with E-state index in [0.29, 0.717) is 16.9 Å². The van der Waals surface area contributed by atoms with Crippen LogP contribution < -0.4 is 5.73 Å². The Kier molecular flexibility index (Phi) is 4.11. The highest BCUT2D eigenvalue weighted by molar-refractivity contribution is 7.99. The molecule has 0 unspecified atom stereocenters. The van der Waals surface area contributed by atoms with Gasteiger partial charge in [-0.2, -0.15) is 0 Å². The summed E-state index contributed by atoms with van der Waals surface area (Å²) in [5, 5.41) is 8.37. The molecule has 1 fully saturated rings. The number of hydrogen-bond donors (Lipinski definition) is 1. The van der Waals surface area contributed by atoms with E-state index in [4.69, 9.17) is 5.73 Å². The zero-order valence-corrected chi connectivity index (χ0v) is 11.6. The van der Waals surface area contributed by atoms with Crippen LogP contribution in [0.3, 0.4) is 0 Å². The minimum Gasteiger partial charge on any atom is -0.368 e. The molecule has 0 atom stereocenters. The van der Waals surface area contributed by atoms with E-state index in [0.717, 1.165) is 31.8 Å². The van der Waals surface area contributed by atoms with Gasteiger partial charge in [-0.05, 0) is 18.8 Å². The molecule has 1 aliphatic rings. The molecule has 1 amide bonds. The van der Waals surface area contributed by atoms with Gasteiger partial charge in [-0.15, -0.1) is 10.2 Å². The number of thioether (sulfide) groups is 1. The second kappa shape index (κ2) is 5.60. The largest absolute Gasteiger partial charge is 0.368 e. The lowest BCUT2D eigenvalue weighted by atomic mass is 9.99. The first kappa shape index (κ1) is 13.2. The monoisotopic (exact) mass is 269 g/mol. The Labute approximate surface area is 111 Å². The minimum atomic E-state index is 0.175. The zero-order valence-electron chi connectivity index (χ0n) is 10.8. The molecular weight excluding hydrogens is 250 g/mol. The fourth-order valence-corrected chi connectivity index (χ4v) is 2.75. The summed E-state index contributed by atoms with van der Waals surface area (Å²) in [5.74, 6) is 1.69. The molecule has 6 nitrogen and oxygen atoms in total. The van der Waals surface area contributed by atoms with Crippen molar-refractivity contribution in [2.24, 2.45) is 13.0 Å². The van der Waals surface area contributed by atoms with Crippen LogP contribution in [0.4, 0.5) is 5.95 Å². The SMILES string of the molecule is CC1CCN(C(=O)CSc2nnc(N)n2C)CC1. The molecule has 0 spiro atoms. The summed E-state index contributed by atoms with van der Waals surface area (Å²) in [6.07, 6.45) is 2.21. The lowest BCUT2D eigenvalue weighted by Crippen LogP contribution is -2.38. The van der Waals surface area contributed by atoms with Crippen LogP contribution in [0.5, 0.6) is 0 Å². The van der Waals surface area contributed by atoms with Crippen LogP contribution in [0.15, 0.2) is 5.16 Å². The Morgan fingerprint density at radius 3 is 2.67 bits per heavy atom. The summed E-state index contributed by atoms with van der Waals surface area (Å²) in [6.45, 7) is 3.99. The first-order valence-electron chi connectivity index (χ1n) is 6.13. The molecule has 2 rings (SSSR count). The Morgan fingerprint density at radius 1 is 1.44 bits per heavy atom. The molecule has 0 bridgehead atoms. The van der Waals surface area contributed by atoms with Crippen LogP contribution in [0.1, 0.15) is 19.8 Å².